The van der Waals surface area contributed by atoms with Gasteiger partial charge in [-0.3, -0.25) is 4.79 Å². The zero-order valence-corrected chi connectivity index (χ0v) is 6.42. The molecule has 2 atom stereocenters. The first-order chi connectivity index (χ1) is 4.61. The molecule has 1 amide bonds. The van der Waals surface area contributed by atoms with Gasteiger partial charge in [0.2, 0.25) is 5.91 Å². The molecule has 1 fully saturated rings. The fraction of sp³-hybridized carbons (Fsp3) is 0.857. The quantitative estimate of drug-likeness (QED) is 0.535. The lowest BCUT2D eigenvalue weighted by molar-refractivity contribution is -0.119. The van der Waals surface area contributed by atoms with Gasteiger partial charge in [-0.15, -0.1) is 0 Å². The standard InChI is InChI=1S/C7H14N2O/c1-4(2)7-5(8)3-6(10)9-7/h4-5,7H,3,8H2,1-2H3,(H,9,10). The Morgan fingerprint density at radius 3 is 2.50 bits per heavy atom. The zero-order valence-electron chi connectivity index (χ0n) is 6.42. The van der Waals surface area contributed by atoms with E-state index in [1.807, 2.05) is 0 Å². The second-order valence-corrected chi connectivity index (χ2v) is 3.21. The van der Waals surface area contributed by atoms with Gasteiger partial charge < -0.3 is 11.1 Å². The number of amides is 1. The molecule has 0 radical (unpaired) electrons. The number of nitrogens with two attached hydrogens (primary N) is 1. The lowest BCUT2D eigenvalue weighted by atomic mass is 9.99. The summed E-state index contributed by atoms with van der Waals surface area (Å²) in [5, 5.41) is 2.84. The summed E-state index contributed by atoms with van der Waals surface area (Å²) >= 11 is 0. The molecule has 58 valence electrons. The van der Waals surface area contributed by atoms with E-state index in [1.54, 1.807) is 0 Å². The Bertz CT molecular complexity index is 145. The number of hydrogen-bond donors (Lipinski definition) is 2. The van der Waals surface area contributed by atoms with Crippen LogP contribution in [0.25, 0.3) is 0 Å². The molecule has 0 aromatic carbocycles. The third-order valence-electron chi connectivity index (χ3n) is 1.93. The van der Waals surface area contributed by atoms with Crippen molar-refractivity contribution in [2.45, 2.75) is 32.4 Å². The minimum Gasteiger partial charge on any atom is -0.351 e. The molecule has 0 spiro atoms. The fourth-order valence-corrected chi connectivity index (χ4v) is 1.35. The maximum atomic E-state index is 10.8. The fourth-order valence-electron chi connectivity index (χ4n) is 1.35. The molecule has 1 rings (SSSR count). The molecular formula is C7H14N2O. The highest BCUT2D eigenvalue weighted by atomic mass is 16.2. The van der Waals surface area contributed by atoms with Crippen LogP contribution < -0.4 is 11.1 Å². The average molecular weight is 142 g/mol. The van der Waals surface area contributed by atoms with Gasteiger partial charge in [0, 0.05) is 18.5 Å². The summed E-state index contributed by atoms with van der Waals surface area (Å²) in [5.74, 6) is 0.535. The lowest BCUT2D eigenvalue weighted by Gasteiger charge is -2.18. The number of carbonyl (C=O) groups is 1. The van der Waals surface area contributed by atoms with E-state index in [0.29, 0.717) is 12.3 Å². The van der Waals surface area contributed by atoms with Gasteiger partial charge in [-0.25, -0.2) is 0 Å². The van der Waals surface area contributed by atoms with Crippen LogP contribution in [0.5, 0.6) is 0 Å². The predicted octanol–water partition coefficient (Wildman–Crippen LogP) is -0.142. The predicted molar refractivity (Wildman–Crippen MR) is 39.4 cm³/mol. The van der Waals surface area contributed by atoms with Crippen molar-refractivity contribution < 1.29 is 4.79 Å². The van der Waals surface area contributed by atoms with Crippen molar-refractivity contribution in [3.8, 4) is 0 Å². The number of carbonyl (C=O) groups excluding carboxylic acids is 1. The van der Waals surface area contributed by atoms with Gasteiger partial charge in [0.1, 0.15) is 0 Å². The van der Waals surface area contributed by atoms with Crippen LogP contribution >= 0.6 is 0 Å². The zero-order chi connectivity index (χ0) is 7.72. The van der Waals surface area contributed by atoms with E-state index >= 15 is 0 Å². The van der Waals surface area contributed by atoms with Gasteiger partial charge in [-0.05, 0) is 5.92 Å². The topological polar surface area (TPSA) is 55.1 Å². The van der Waals surface area contributed by atoms with Crippen LogP contribution in [0.4, 0.5) is 0 Å². The summed E-state index contributed by atoms with van der Waals surface area (Å²) in [6.07, 6.45) is 0.489. The first kappa shape index (κ1) is 7.54. The maximum Gasteiger partial charge on any atom is 0.221 e. The highest BCUT2D eigenvalue weighted by Gasteiger charge is 2.30. The molecule has 0 bridgehead atoms. The Kier molecular flexibility index (Phi) is 1.94. The monoisotopic (exact) mass is 142 g/mol. The maximum absolute atomic E-state index is 10.8. The van der Waals surface area contributed by atoms with E-state index < -0.39 is 0 Å². The summed E-state index contributed by atoms with van der Waals surface area (Å²) in [6, 6.07) is 0.208. The van der Waals surface area contributed by atoms with Crippen LogP contribution in [0.1, 0.15) is 20.3 Å². The van der Waals surface area contributed by atoms with Crippen LogP contribution in [0.3, 0.4) is 0 Å². The van der Waals surface area contributed by atoms with Crippen LogP contribution in [-0.2, 0) is 4.79 Å². The van der Waals surface area contributed by atoms with Crippen LogP contribution in [0.2, 0.25) is 0 Å². The minimum atomic E-state index is 0.0208. The third-order valence-corrected chi connectivity index (χ3v) is 1.93. The first-order valence-electron chi connectivity index (χ1n) is 3.66. The van der Waals surface area contributed by atoms with E-state index in [2.05, 4.69) is 19.2 Å². The Labute approximate surface area is 61.0 Å². The molecule has 2 unspecified atom stereocenters. The molecule has 3 heteroatoms. The van der Waals surface area contributed by atoms with Gasteiger partial charge in [0.25, 0.3) is 0 Å². The molecule has 0 saturated carbocycles. The second kappa shape index (κ2) is 2.58. The largest absolute Gasteiger partial charge is 0.351 e. The summed E-state index contributed by atoms with van der Waals surface area (Å²) < 4.78 is 0. The van der Waals surface area contributed by atoms with E-state index in [9.17, 15) is 4.79 Å². The van der Waals surface area contributed by atoms with Crippen LogP contribution in [0, 0.1) is 5.92 Å². The summed E-state index contributed by atoms with van der Waals surface area (Å²) in [6.45, 7) is 4.13. The molecule has 10 heavy (non-hydrogen) atoms. The van der Waals surface area contributed by atoms with Gasteiger partial charge in [-0.2, -0.15) is 0 Å². The Morgan fingerprint density at radius 2 is 2.30 bits per heavy atom. The van der Waals surface area contributed by atoms with Crippen molar-refractivity contribution in [2.24, 2.45) is 11.7 Å². The number of rotatable bonds is 1. The van der Waals surface area contributed by atoms with Gasteiger partial charge in [0.15, 0.2) is 0 Å². The van der Waals surface area contributed by atoms with Crippen molar-refractivity contribution in [1.29, 1.82) is 0 Å². The van der Waals surface area contributed by atoms with E-state index in [0.717, 1.165) is 0 Å². The SMILES string of the molecule is CC(C)C1NC(=O)CC1N. The van der Waals surface area contributed by atoms with Crippen LogP contribution in [-0.4, -0.2) is 18.0 Å². The molecular weight excluding hydrogens is 128 g/mol. The minimum absolute atomic E-state index is 0.0208. The Balaban J connectivity index is 2.54. The molecule has 3 N–H and O–H groups in total. The third kappa shape index (κ3) is 1.29. The summed E-state index contributed by atoms with van der Waals surface area (Å²) in [7, 11) is 0. The van der Waals surface area contributed by atoms with Gasteiger partial charge in [-0.1, -0.05) is 13.8 Å². The highest BCUT2D eigenvalue weighted by Crippen LogP contribution is 2.13. The molecule has 1 aliphatic heterocycles. The summed E-state index contributed by atoms with van der Waals surface area (Å²) in [4.78, 5) is 10.8. The molecule has 1 saturated heterocycles. The lowest BCUT2D eigenvalue weighted by Crippen LogP contribution is -2.40. The smallest absolute Gasteiger partial charge is 0.221 e. The van der Waals surface area contributed by atoms with Crippen molar-refractivity contribution in [3.63, 3.8) is 0 Å². The first-order valence-corrected chi connectivity index (χ1v) is 3.66. The van der Waals surface area contributed by atoms with E-state index in [1.165, 1.54) is 0 Å². The van der Waals surface area contributed by atoms with Gasteiger partial charge in [0.05, 0.1) is 0 Å². The highest BCUT2D eigenvalue weighted by molar-refractivity contribution is 5.79. The second-order valence-electron chi connectivity index (χ2n) is 3.21. The van der Waals surface area contributed by atoms with Gasteiger partial charge >= 0.3 is 0 Å². The molecule has 3 nitrogen and oxygen atoms in total. The van der Waals surface area contributed by atoms with E-state index in [4.69, 9.17) is 5.73 Å². The molecule has 0 aromatic heterocycles. The molecule has 0 aromatic rings. The van der Waals surface area contributed by atoms with Crippen LogP contribution in [0.15, 0.2) is 0 Å². The summed E-state index contributed by atoms with van der Waals surface area (Å²) in [5.41, 5.74) is 5.69. The number of nitrogens with one attached hydrogen (secondary N) is 1. The molecule has 1 heterocycles. The average Bonchev–Trinajstić information content (AvgIpc) is 2.10. The van der Waals surface area contributed by atoms with Crippen molar-refractivity contribution >= 4 is 5.91 Å². The molecule has 0 aliphatic carbocycles. The van der Waals surface area contributed by atoms with Crippen molar-refractivity contribution in [1.82, 2.24) is 5.32 Å². The number of hydrogen-bond acceptors (Lipinski definition) is 2. The Morgan fingerprint density at radius 1 is 1.70 bits per heavy atom. The van der Waals surface area contributed by atoms with Crippen molar-refractivity contribution in [2.75, 3.05) is 0 Å². The normalized spacial score (nSPS) is 33.0. The Hall–Kier alpha value is -0.570. The van der Waals surface area contributed by atoms with E-state index in [-0.39, 0.29) is 18.0 Å². The molecule has 1 aliphatic rings. The van der Waals surface area contributed by atoms with Crippen molar-refractivity contribution in [3.05, 3.63) is 0 Å².